The second-order valence-corrected chi connectivity index (χ2v) is 7.84. The summed E-state index contributed by atoms with van der Waals surface area (Å²) in [5.74, 6) is 2.38. The lowest BCUT2D eigenvalue weighted by atomic mass is 10.0. The SMILES string of the molecule is CN=C(NCCCCN1CCCC(C)C1)NCCCOCC1CCOC1. The van der Waals surface area contributed by atoms with E-state index in [2.05, 4.69) is 27.4 Å². The Morgan fingerprint density at radius 1 is 1.19 bits per heavy atom. The minimum Gasteiger partial charge on any atom is -0.381 e. The van der Waals surface area contributed by atoms with Crippen LogP contribution in [-0.4, -0.2) is 77.1 Å². The highest BCUT2D eigenvalue weighted by atomic mass is 16.5. The van der Waals surface area contributed by atoms with E-state index in [4.69, 9.17) is 9.47 Å². The van der Waals surface area contributed by atoms with Crippen molar-refractivity contribution in [3.05, 3.63) is 0 Å². The molecule has 0 aliphatic carbocycles. The molecule has 0 amide bonds. The Bertz CT molecular complexity index is 386. The number of hydrogen-bond donors (Lipinski definition) is 2. The summed E-state index contributed by atoms with van der Waals surface area (Å²) in [7, 11) is 1.83. The second-order valence-electron chi connectivity index (χ2n) is 7.84. The molecule has 2 unspecified atom stereocenters. The van der Waals surface area contributed by atoms with Crippen molar-refractivity contribution < 1.29 is 9.47 Å². The van der Waals surface area contributed by atoms with Gasteiger partial charge in [-0.1, -0.05) is 6.92 Å². The first-order valence-electron chi connectivity index (χ1n) is 10.6. The van der Waals surface area contributed by atoms with Crippen molar-refractivity contribution >= 4 is 5.96 Å². The van der Waals surface area contributed by atoms with Gasteiger partial charge in [-0.05, 0) is 57.5 Å². The molecule has 0 saturated carbocycles. The van der Waals surface area contributed by atoms with Gasteiger partial charge in [-0.3, -0.25) is 4.99 Å². The van der Waals surface area contributed by atoms with Crippen molar-refractivity contribution in [1.29, 1.82) is 0 Å². The molecule has 6 heteroatoms. The first-order chi connectivity index (χ1) is 12.8. The minimum atomic E-state index is 0.602. The maximum absolute atomic E-state index is 5.73. The molecule has 2 aliphatic heterocycles. The Hall–Kier alpha value is -0.850. The van der Waals surface area contributed by atoms with Gasteiger partial charge in [0.05, 0.1) is 13.2 Å². The van der Waals surface area contributed by atoms with Crippen LogP contribution in [0.5, 0.6) is 0 Å². The molecular weight excluding hydrogens is 328 g/mol. The molecule has 2 rings (SSSR count). The van der Waals surface area contributed by atoms with Crippen LogP contribution in [0.2, 0.25) is 0 Å². The number of likely N-dealkylation sites (tertiary alicyclic amines) is 1. The summed E-state index contributed by atoms with van der Waals surface area (Å²) < 4.78 is 11.1. The van der Waals surface area contributed by atoms with Crippen LogP contribution in [0.15, 0.2) is 4.99 Å². The number of piperidine rings is 1. The molecule has 152 valence electrons. The number of nitrogens with zero attached hydrogens (tertiary/aromatic N) is 2. The molecule has 2 aliphatic rings. The van der Waals surface area contributed by atoms with Crippen LogP contribution in [0.3, 0.4) is 0 Å². The number of guanidine groups is 1. The van der Waals surface area contributed by atoms with Crippen molar-refractivity contribution in [2.24, 2.45) is 16.8 Å². The highest BCUT2D eigenvalue weighted by Gasteiger charge is 2.16. The predicted molar refractivity (Wildman–Crippen MR) is 108 cm³/mol. The van der Waals surface area contributed by atoms with Gasteiger partial charge in [0.2, 0.25) is 0 Å². The van der Waals surface area contributed by atoms with Gasteiger partial charge in [0, 0.05) is 45.8 Å². The summed E-state index contributed by atoms with van der Waals surface area (Å²) in [4.78, 5) is 6.92. The number of nitrogens with one attached hydrogen (secondary N) is 2. The summed E-state index contributed by atoms with van der Waals surface area (Å²) in [6, 6.07) is 0. The molecule has 2 fully saturated rings. The van der Waals surface area contributed by atoms with E-state index < -0.39 is 0 Å². The van der Waals surface area contributed by atoms with E-state index in [9.17, 15) is 0 Å². The predicted octanol–water partition coefficient (Wildman–Crippen LogP) is 2.11. The van der Waals surface area contributed by atoms with Crippen molar-refractivity contribution in [2.75, 3.05) is 66.2 Å². The van der Waals surface area contributed by atoms with Gasteiger partial charge in [-0.25, -0.2) is 0 Å². The van der Waals surface area contributed by atoms with Crippen LogP contribution < -0.4 is 10.6 Å². The molecule has 0 spiro atoms. The first-order valence-corrected chi connectivity index (χ1v) is 10.6. The van der Waals surface area contributed by atoms with Crippen LogP contribution >= 0.6 is 0 Å². The van der Waals surface area contributed by atoms with Crippen LogP contribution in [-0.2, 0) is 9.47 Å². The van der Waals surface area contributed by atoms with Crippen LogP contribution in [0.25, 0.3) is 0 Å². The van der Waals surface area contributed by atoms with Gasteiger partial charge in [0.15, 0.2) is 5.96 Å². The second kappa shape index (κ2) is 13.3. The quantitative estimate of drug-likeness (QED) is 0.332. The summed E-state index contributed by atoms with van der Waals surface area (Å²) in [6.07, 6.45) is 7.37. The molecule has 2 saturated heterocycles. The Morgan fingerprint density at radius 2 is 2.04 bits per heavy atom. The van der Waals surface area contributed by atoms with E-state index in [1.165, 1.54) is 45.3 Å². The Labute approximate surface area is 160 Å². The molecule has 26 heavy (non-hydrogen) atoms. The van der Waals surface area contributed by atoms with Crippen molar-refractivity contribution in [3.8, 4) is 0 Å². The fraction of sp³-hybridized carbons (Fsp3) is 0.950. The van der Waals surface area contributed by atoms with Gasteiger partial charge in [0.1, 0.15) is 0 Å². The van der Waals surface area contributed by atoms with E-state index in [0.717, 1.165) is 64.2 Å². The fourth-order valence-corrected chi connectivity index (χ4v) is 3.72. The topological polar surface area (TPSA) is 58.1 Å². The summed E-state index contributed by atoms with van der Waals surface area (Å²) in [5, 5.41) is 6.78. The van der Waals surface area contributed by atoms with E-state index in [1.54, 1.807) is 0 Å². The first kappa shape index (κ1) is 21.5. The maximum Gasteiger partial charge on any atom is 0.190 e. The van der Waals surface area contributed by atoms with E-state index in [0.29, 0.717) is 5.92 Å². The summed E-state index contributed by atoms with van der Waals surface area (Å²) in [5.41, 5.74) is 0. The third-order valence-corrected chi connectivity index (χ3v) is 5.29. The highest BCUT2D eigenvalue weighted by molar-refractivity contribution is 5.79. The highest BCUT2D eigenvalue weighted by Crippen LogP contribution is 2.15. The molecule has 0 radical (unpaired) electrons. The lowest BCUT2D eigenvalue weighted by Gasteiger charge is -2.30. The molecule has 6 nitrogen and oxygen atoms in total. The number of rotatable bonds is 11. The van der Waals surface area contributed by atoms with Crippen molar-refractivity contribution in [3.63, 3.8) is 0 Å². The minimum absolute atomic E-state index is 0.602. The third kappa shape index (κ3) is 9.19. The zero-order valence-electron chi connectivity index (χ0n) is 17.0. The Morgan fingerprint density at radius 3 is 2.77 bits per heavy atom. The van der Waals surface area contributed by atoms with Gasteiger partial charge < -0.3 is 25.0 Å². The molecule has 0 bridgehead atoms. The molecule has 0 aromatic carbocycles. The number of ether oxygens (including phenoxy) is 2. The number of hydrogen-bond acceptors (Lipinski definition) is 4. The smallest absolute Gasteiger partial charge is 0.190 e. The van der Waals surface area contributed by atoms with Crippen molar-refractivity contribution in [1.82, 2.24) is 15.5 Å². The molecule has 2 atom stereocenters. The fourth-order valence-electron chi connectivity index (χ4n) is 3.72. The van der Waals surface area contributed by atoms with Gasteiger partial charge >= 0.3 is 0 Å². The summed E-state index contributed by atoms with van der Waals surface area (Å²) in [6.45, 7) is 11.5. The standard InChI is InChI=1S/C20H40N4O2/c1-18-7-5-12-24(15-18)11-4-3-9-22-20(21-2)23-10-6-13-25-16-19-8-14-26-17-19/h18-19H,3-17H2,1-2H3,(H2,21,22,23). The maximum atomic E-state index is 5.73. The third-order valence-electron chi connectivity index (χ3n) is 5.29. The number of aliphatic imine (C=N–C) groups is 1. The normalized spacial score (nSPS) is 24.8. The van der Waals surface area contributed by atoms with E-state index >= 15 is 0 Å². The van der Waals surface area contributed by atoms with Crippen LogP contribution in [0.1, 0.15) is 45.4 Å². The molecule has 0 aromatic heterocycles. The van der Waals surface area contributed by atoms with E-state index in [1.807, 2.05) is 7.05 Å². The van der Waals surface area contributed by atoms with Gasteiger partial charge in [-0.15, -0.1) is 0 Å². The average molecular weight is 369 g/mol. The monoisotopic (exact) mass is 368 g/mol. The zero-order valence-corrected chi connectivity index (χ0v) is 17.0. The molecule has 2 N–H and O–H groups in total. The molecule has 0 aromatic rings. The summed E-state index contributed by atoms with van der Waals surface area (Å²) >= 11 is 0. The lowest BCUT2D eigenvalue weighted by molar-refractivity contribution is 0.0888. The Kier molecular flexibility index (Phi) is 11.0. The lowest BCUT2D eigenvalue weighted by Crippen LogP contribution is -2.39. The average Bonchev–Trinajstić information content (AvgIpc) is 3.16. The molecule has 2 heterocycles. The Balaban J connectivity index is 1.40. The van der Waals surface area contributed by atoms with Gasteiger partial charge in [0.25, 0.3) is 0 Å². The van der Waals surface area contributed by atoms with Gasteiger partial charge in [-0.2, -0.15) is 0 Å². The van der Waals surface area contributed by atoms with Crippen LogP contribution in [0, 0.1) is 11.8 Å². The zero-order chi connectivity index (χ0) is 18.5. The van der Waals surface area contributed by atoms with Crippen molar-refractivity contribution in [2.45, 2.75) is 45.4 Å². The number of unbranched alkanes of at least 4 members (excludes halogenated alkanes) is 1. The van der Waals surface area contributed by atoms with E-state index in [-0.39, 0.29) is 0 Å². The van der Waals surface area contributed by atoms with Crippen LogP contribution in [0.4, 0.5) is 0 Å². The molecular formula is C20H40N4O2. The largest absolute Gasteiger partial charge is 0.381 e.